The maximum absolute atomic E-state index is 12.5. The smallest absolute Gasteiger partial charge is 0.323 e. The zero-order valence-corrected chi connectivity index (χ0v) is 26.2. The van der Waals surface area contributed by atoms with Crippen LogP contribution in [-0.2, 0) is 0 Å². The molecule has 0 aliphatic carbocycles. The highest BCUT2D eigenvalue weighted by Gasteiger charge is 2.27. The molecule has 4 aromatic rings. The van der Waals surface area contributed by atoms with E-state index < -0.39 is 5.60 Å². The summed E-state index contributed by atoms with van der Waals surface area (Å²) in [6.07, 6.45) is 4.11. The zero-order valence-electron chi connectivity index (χ0n) is 25.4. The second-order valence-electron chi connectivity index (χ2n) is 11.6. The van der Waals surface area contributed by atoms with Gasteiger partial charge < -0.3 is 39.6 Å². The number of hydrogen-bond donors (Lipinski definition) is 3. The molecule has 10 nitrogen and oxygen atoms in total. The van der Waals surface area contributed by atoms with E-state index in [-0.39, 0.29) is 6.03 Å². The molecule has 0 unspecified atom stereocenters. The fourth-order valence-corrected chi connectivity index (χ4v) is 5.56. The van der Waals surface area contributed by atoms with Crippen molar-refractivity contribution in [3.05, 3.63) is 71.4 Å². The first-order valence-corrected chi connectivity index (χ1v) is 15.5. The van der Waals surface area contributed by atoms with E-state index in [1.807, 2.05) is 26.0 Å². The van der Waals surface area contributed by atoms with E-state index >= 15 is 0 Å². The standard InChI is InChI=1S/C34H37ClN4O6/c1-22-20-24(6-9-26(22)35)38-33(40)37-23-4-7-25(8-5-23)45-28-10-13-36-27-21-29(31-32(30(27)28)44-19-18-43-31)42-17-3-14-39-15-11-34(2,41)12-16-39/h4-10,13,20-21,41H,3,11-12,14-19H2,1-2H3,(H2,37,38,40). The molecule has 0 radical (unpaired) electrons. The Labute approximate surface area is 267 Å². The van der Waals surface area contributed by atoms with Crippen molar-refractivity contribution in [3.8, 4) is 28.7 Å². The zero-order chi connectivity index (χ0) is 31.4. The lowest BCUT2D eigenvalue weighted by Crippen LogP contribution is -2.42. The molecule has 0 spiro atoms. The van der Waals surface area contributed by atoms with E-state index in [0.717, 1.165) is 44.5 Å². The number of aryl methyl sites for hydroxylation is 1. The third kappa shape index (κ3) is 7.53. The molecule has 0 atom stereocenters. The molecule has 0 bridgehead atoms. The monoisotopic (exact) mass is 632 g/mol. The van der Waals surface area contributed by atoms with Crippen LogP contribution in [0.4, 0.5) is 16.2 Å². The van der Waals surface area contributed by atoms with Gasteiger partial charge in [0.25, 0.3) is 0 Å². The first-order chi connectivity index (χ1) is 21.7. The average Bonchev–Trinajstić information content (AvgIpc) is 3.02. The van der Waals surface area contributed by atoms with Crippen molar-refractivity contribution in [2.75, 3.05) is 50.1 Å². The summed E-state index contributed by atoms with van der Waals surface area (Å²) in [4.78, 5) is 19.4. The van der Waals surface area contributed by atoms with E-state index in [1.54, 1.807) is 48.7 Å². The van der Waals surface area contributed by atoms with Crippen molar-refractivity contribution < 1.29 is 28.8 Å². The van der Waals surface area contributed by atoms with Crippen LogP contribution in [0, 0.1) is 6.92 Å². The van der Waals surface area contributed by atoms with Crippen molar-refractivity contribution in [1.29, 1.82) is 0 Å². The number of nitrogens with one attached hydrogen (secondary N) is 2. The lowest BCUT2D eigenvalue weighted by atomic mass is 9.94. The summed E-state index contributed by atoms with van der Waals surface area (Å²) in [7, 11) is 0. The largest absolute Gasteiger partial charge is 0.489 e. The van der Waals surface area contributed by atoms with Gasteiger partial charge in [-0.15, -0.1) is 0 Å². The van der Waals surface area contributed by atoms with Crippen LogP contribution in [0.25, 0.3) is 10.9 Å². The van der Waals surface area contributed by atoms with E-state index in [1.165, 1.54) is 0 Å². The third-order valence-corrected chi connectivity index (χ3v) is 8.43. The topological polar surface area (TPSA) is 114 Å². The number of piperidine rings is 1. The molecule has 3 aromatic carbocycles. The predicted molar refractivity (Wildman–Crippen MR) is 174 cm³/mol. The minimum atomic E-state index is -0.554. The Kier molecular flexibility index (Phi) is 9.16. The Morgan fingerprint density at radius 1 is 1.00 bits per heavy atom. The van der Waals surface area contributed by atoms with Crippen LogP contribution in [-0.4, -0.2) is 66.1 Å². The van der Waals surface area contributed by atoms with Gasteiger partial charge in [-0.2, -0.15) is 0 Å². The van der Waals surface area contributed by atoms with Gasteiger partial charge in [-0.1, -0.05) is 11.6 Å². The molecule has 236 valence electrons. The van der Waals surface area contributed by atoms with Crippen molar-refractivity contribution in [2.24, 2.45) is 0 Å². The van der Waals surface area contributed by atoms with Gasteiger partial charge in [-0.05, 0) is 87.2 Å². The molecular formula is C34H37ClN4O6. The number of anilines is 2. The number of halogens is 1. The molecule has 1 fully saturated rings. The molecule has 3 heterocycles. The molecule has 0 saturated carbocycles. The number of aliphatic hydroxyl groups is 1. The average molecular weight is 633 g/mol. The predicted octanol–water partition coefficient (Wildman–Crippen LogP) is 7.02. The van der Waals surface area contributed by atoms with Gasteiger partial charge in [-0.25, -0.2) is 4.79 Å². The molecular weight excluding hydrogens is 596 g/mol. The van der Waals surface area contributed by atoms with Gasteiger partial charge in [0.15, 0.2) is 11.5 Å². The van der Waals surface area contributed by atoms with Crippen LogP contribution in [0.1, 0.15) is 31.7 Å². The first kappa shape index (κ1) is 30.8. The minimum absolute atomic E-state index is 0.368. The van der Waals surface area contributed by atoms with Gasteiger partial charge in [0.05, 0.1) is 23.1 Å². The molecule has 45 heavy (non-hydrogen) atoms. The normalized spacial score (nSPS) is 15.8. The summed E-state index contributed by atoms with van der Waals surface area (Å²) in [5.41, 5.74) is 2.24. The number of rotatable bonds is 9. The van der Waals surface area contributed by atoms with Gasteiger partial charge in [-0.3, -0.25) is 4.98 Å². The summed E-state index contributed by atoms with van der Waals surface area (Å²) in [6, 6.07) is 15.7. The second-order valence-corrected chi connectivity index (χ2v) is 12.1. The SMILES string of the molecule is Cc1cc(NC(=O)Nc2ccc(Oc3ccnc4cc(OCCCN5CCC(C)(O)CC5)c5c(c34)OCCO5)cc2)ccc1Cl. The maximum Gasteiger partial charge on any atom is 0.323 e. The molecule has 6 rings (SSSR count). The van der Waals surface area contributed by atoms with Crippen LogP contribution in [0.2, 0.25) is 5.02 Å². The number of amides is 2. The molecule has 2 aliphatic heterocycles. The van der Waals surface area contributed by atoms with E-state index in [9.17, 15) is 9.90 Å². The van der Waals surface area contributed by atoms with Gasteiger partial charge >= 0.3 is 6.03 Å². The van der Waals surface area contributed by atoms with Crippen LogP contribution in [0.15, 0.2) is 60.8 Å². The van der Waals surface area contributed by atoms with E-state index in [0.29, 0.717) is 75.9 Å². The molecule has 2 amide bonds. The van der Waals surface area contributed by atoms with Gasteiger partial charge in [0.2, 0.25) is 5.75 Å². The number of nitrogens with zero attached hydrogens (tertiary/aromatic N) is 2. The fraction of sp³-hybridized carbons (Fsp3) is 0.353. The number of carbonyl (C=O) groups excluding carboxylic acids is 1. The number of benzene rings is 3. The van der Waals surface area contributed by atoms with Crippen molar-refractivity contribution in [1.82, 2.24) is 9.88 Å². The highest BCUT2D eigenvalue weighted by Crippen LogP contribution is 2.48. The highest BCUT2D eigenvalue weighted by molar-refractivity contribution is 6.31. The Morgan fingerprint density at radius 2 is 1.71 bits per heavy atom. The number of likely N-dealkylation sites (tertiary alicyclic amines) is 1. The lowest BCUT2D eigenvalue weighted by molar-refractivity contribution is -0.00606. The number of urea groups is 1. The van der Waals surface area contributed by atoms with Crippen LogP contribution >= 0.6 is 11.6 Å². The first-order valence-electron chi connectivity index (χ1n) is 15.1. The Morgan fingerprint density at radius 3 is 2.47 bits per heavy atom. The molecule has 1 saturated heterocycles. The fourth-order valence-electron chi connectivity index (χ4n) is 5.44. The third-order valence-electron chi connectivity index (χ3n) is 8.01. The van der Waals surface area contributed by atoms with Crippen LogP contribution in [0.5, 0.6) is 28.7 Å². The summed E-state index contributed by atoms with van der Waals surface area (Å²) in [5.74, 6) is 2.81. The Hall–Kier alpha value is -4.25. The summed E-state index contributed by atoms with van der Waals surface area (Å²) in [6.45, 7) is 7.80. The number of fused-ring (bicyclic) bond motifs is 3. The second kappa shape index (κ2) is 13.4. The van der Waals surface area contributed by atoms with Gasteiger partial charge in [0, 0.05) is 48.3 Å². The van der Waals surface area contributed by atoms with Gasteiger partial charge in [0.1, 0.15) is 24.7 Å². The van der Waals surface area contributed by atoms with Crippen LogP contribution < -0.4 is 29.6 Å². The van der Waals surface area contributed by atoms with E-state index in [2.05, 4.69) is 20.5 Å². The Bertz CT molecular complexity index is 1670. The summed E-state index contributed by atoms with van der Waals surface area (Å²) < 4.78 is 24.6. The van der Waals surface area contributed by atoms with Crippen molar-refractivity contribution in [3.63, 3.8) is 0 Å². The molecule has 2 aliphatic rings. The quantitative estimate of drug-likeness (QED) is 0.169. The number of hydrogen-bond acceptors (Lipinski definition) is 8. The lowest BCUT2D eigenvalue weighted by Gasteiger charge is -2.35. The highest BCUT2D eigenvalue weighted by atomic mass is 35.5. The molecule has 3 N–H and O–H groups in total. The number of aromatic nitrogens is 1. The Balaban J connectivity index is 1.11. The summed E-state index contributed by atoms with van der Waals surface area (Å²) in [5, 5.41) is 17.2. The number of carbonyl (C=O) groups is 1. The van der Waals surface area contributed by atoms with Crippen molar-refractivity contribution in [2.45, 2.75) is 38.7 Å². The molecule has 11 heteroatoms. The minimum Gasteiger partial charge on any atom is -0.489 e. The maximum atomic E-state index is 12.5. The van der Waals surface area contributed by atoms with Crippen LogP contribution in [0.3, 0.4) is 0 Å². The van der Waals surface area contributed by atoms with E-state index in [4.69, 9.17) is 30.5 Å². The number of ether oxygens (including phenoxy) is 4. The molecule has 1 aromatic heterocycles. The van der Waals surface area contributed by atoms with Crippen molar-refractivity contribution >= 4 is 39.9 Å². The number of pyridine rings is 1. The summed E-state index contributed by atoms with van der Waals surface area (Å²) >= 11 is 6.08.